The summed E-state index contributed by atoms with van der Waals surface area (Å²) in [6.45, 7) is 4.22. The molecule has 116 valence electrons. The van der Waals surface area contributed by atoms with E-state index in [1.807, 2.05) is 0 Å². The monoisotopic (exact) mass is 310 g/mol. The third-order valence-corrected chi connectivity index (χ3v) is 10.0. The van der Waals surface area contributed by atoms with E-state index in [1.165, 1.54) is 0 Å². The second kappa shape index (κ2) is 9.22. The summed E-state index contributed by atoms with van der Waals surface area (Å²) in [5, 5.41) is 0. The molecule has 0 aromatic rings. The average Bonchev–Trinajstić information content (AvgIpc) is 2.45. The van der Waals surface area contributed by atoms with Gasteiger partial charge in [-0.2, -0.15) is 0 Å². The van der Waals surface area contributed by atoms with E-state index in [2.05, 4.69) is 13.5 Å². The smallest absolute Gasteiger partial charge is 0.398 e. The topological polar surface area (TPSA) is 46.2 Å². The molecule has 0 saturated carbocycles. The molecule has 0 fully saturated rings. The first kappa shape index (κ1) is 19.2. The molecular formula is C12H30O5Si2. The van der Waals surface area contributed by atoms with Crippen molar-refractivity contribution < 1.29 is 22.1 Å². The first-order valence-electron chi connectivity index (χ1n) is 6.69. The zero-order valence-electron chi connectivity index (χ0n) is 13.4. The summed E-state index contributed by atoms with van der Waals surface area (Å²) in [5.41, 5.74) is 0.297. The molecule has 0 saturated heterocycles. The molecule has 0 aliphatic carbocycles. The van der Waals surface area contributed by atoms with Crippen LogP contribution in [0.1, 0.15) is 26.2 Å². The summed E-state index contributed by atoms with van der Waals surface area (Å²) in [4.78, 5) is 0. The second-order valence-electron chi connectivity index (χ2n) is 4.90. The van der Waals surface area contributed by atoms with Gasteiger partial charge in [0.2, 0.25) is 0 Å². The molecule has 5 nitrogen and oxygen atoms in total. The molecule has 0 spiro atoms. The van der Waals surface area contributed by atoms with E-state index in [-0.39, 0.29) is 0 Å². The molecule has 0 heterocycles. The number of hydrogen-bond donors (Lipinski definition) is 0. The van der Waals surface area contributed by atoms with Gasteiger partial charge in [-0.1, -0.05) is 19.8 Å². The van der Waals surface area contributed by atoms with Gasteiger partial charge in [-0.05, 0) is 19.0 Å². The van der Waals surface area contributed by atoms with Gasteiger partial charge >= 0.3 is 17.4 Å². The minimum atomic E-state index is -2.48. The Bertz CT molecular complexity index is 224. The summed E-state index contributed by atoms with van der Waals surface area (Å²) < 4.78 is 27.4. The quantitative estimate of drug-likeness (QED) is 0.434. The van der Waals surface area contributed by atoms with Crippen molar-refractivity contribution in [2.24, 2.45) is 0 Å². The van der Waals surface area contributed by atoms with Crippen molar-refractivity contribution in [2.75, 3.05) is 35.5 Å². The van der Waals surface area contributed by atoms with E-state index in [1.54, 1.807) is 35.5 Å². The van der Waals surface area contributed by atoms with Crippen molar-refractivity contribution in [1.29, 1.82) is 0 Å². The number of rotatable bonds is 11. The first-order chi connectivity index (χ1) is 8.93. The Morgan fingerprint density at radius 1 is 0.789 bits per heavy atom. The highest BCUT2D eigenvalue weighted by Gasteiger charge is 2.44. The normalized spacial score (nSPS) is 14.7. The lowest BCUT2D eigenvalue weighted by atomic mass is 10.2. The fraction of sp³-hybridized carbons (Fsp3) is 1.00. The molecule has 0 amide bonds. The zero-order valence-corrected chi connectivity index (χ0v) is 15.4. The Kier molecular flexibility index (Phi) is 9.33. The van der Waals surface area contributed by atoms with E-state index < -0.39 is 17.4 Å². The third kappa shape index (κ3) is 5.62. The SMILES string of the molecule is CO[Si](C)(CCCCC(C)[Si](OC)(OC)OC)OC. The third-order valence-electron chi connectivity index (χ3n) is 3.84. The standard InChI is InChI=1S/C12H30O5Si2/c1-12(19(15-4,16-5)17-6)10-8-9-11-18(7,13-2)14-3/h12H,8-11H2,1-7H3. The van der Waals surface area contributed by atoms with Crippen LogP contribution in [0.2, 0.25) is 18.1 Å². The Morgan fingerprint density at radius 3 is 1.63 bits per heavy atom. The maximum Gasteiger partial charge on any atom is 0.503 e. The zero-order chi connectivity index (χ0) is 14.9. The highest BCUT2D eigenvalue weighted by atomic mass is 28.4. The number of hydrogen-bond acceptors (Lipinski definition) is 5. The molecule has 0 aliphatic heterocycles. The fourth-order valence-electron chi connectivity index (χ4n) is 2.21. The molecule has 1 atom stereocenters. The van der Waals surface area contributed by atoms with Crippen LogP contribution in [-0.4, -0.2) is 52.9 Å². The Labute approximate surface area is 120 Å². The van der Waals surface area contributed by atoms with Crippen molar-refractivity contribution in [3.05, 3.63) is 0 Å². The molecule has 0 aliphatic rings. The first-order valence-corrected chi connectivity index (χ1v) is 11.0. The van der Waals surface area contributed by atoms with Gasteiger partial charge in [0, 0.05) is 41.1 Å². The largest absolute Gasteiger partial charge is 0.503 e. The molecule has 0 rings (SSSR count). The molecule has 0 N–H and O–H groups in total. The van der Waals surface area contributed by atoms with Crippen molar-refractivity contribution >= 4 is 17.4 Å². The van der Waals surface area contributed by atoms with E-state index in [4.69, 9.17) is 22.1 Å². The van der Waals surface area contributed by atoms with Crippen LogP contribution in [0.25, 0.3) is 0 Å². The van der Waals surface area contributed by atoms with Crippen molar-refractivity contribution in [2.45, 2.75) is 44.3 Å². The highest BCUT2D eigenvalue weighted by Crippen LogP contribution is 2.29. The van der Waals surface area contributed by atoms with Crippen LogP contribution in [0.3, 0.4) is 0 Å². The molecule has 0 radical (unpaired) electrons. The van der Waals surface area contributed by atoms with E-state index >= 15 is 0 Å². The minimum absolute atomic E-state index is 0.297. The van der Waals surface area contributed by atoms with Gasteiger partial charge in [-0.15, -0.1) is 0 Å². The van der Waals surface area contributed by atoms with Crippen LogP contribution >= 0.6 is 0 Å². The highest BCUT2D eigenvalue weighted by molar-refractivity contribution is 6.65. The fourth-order valence-corrected chi connectivity index (χ4v) is 5.95. The lowest BCUT2D eigenvalue weighted by Gasteiger charge is -2.30. The van der Waals surface area contributed by atoms with Gasteiger partial charge in [0.15, 0.2) is 0 Å². The Hall–Kier alpha value is 0.234. The van der Waals surface area contributed by atoms with Gasteiger partial charge in [0.1, 0.15) is 0 Å². The van der Waals surface area contributed by atoms with E-state index in [0.717, 1.165) is 25.3 Å². The van der Waals surface area contributed by atoms with Gasteiger partial charge in [-0.25, -0.2) is 0 Å². The maximum atomic E-state index is 5.49. The lowest BCUT2D eigenvalue weighted by Crippen LogP contribution is -2.46. The molecular weight excluding hydrogens is 280 g/mol. The lowest BCUT2D eigenvalue weighted by molar-refractivity contribution is 0.111. The predicted octanol–water partition coefficient (Wildman–Crippen LogP) is 2.79. The van der Waals surface area contributed by atoms with Crippen LogP contribution in [0.5, 0.6) is 0 Å². The van der Waals surface area contributed by atoms with Crippen LogP contribution in [0.4, 0.5) is 0 Å². The average molecular weight is 311 g/mol. The summed E-state index contributed by atoms with van der Waals surface area (Å²) >= 11 is 0. The van der Waals surface area contributed by atoms with Gasteiger partial charge in [0.05, 0.1) is 0 Å². The van der Waals surface area contributed by atoms with Crippen LogP contribution < -0.4 is 0 Å². The van der Waals surface area contributed by atoms with E-state index in [0.29, 0.717) is 5.54 Å². The summed E-state index contributed by atoms with van der Waals surface area (Å²) in [6, 6.07) is 1.01. The summed E-state index contributed by atoms with van der Waals surface area (Å²) in [5.74, 6) is 0. The van der Waals surface area contributed by atoms with Crippen molar-refractivity contribution in [3.63, 3.8) is 0 Å². The second-order valence-corrected chi connectivity index (χ2v) is 11.9. The number of unbranched alkanes of at least 4 members (excludes halogenated alkanes) is 1. The summed E-state index contributed by atoms with van der Waals surface area (Å²) in [6.07, 6.45) is 3.22. The summed E-state index contributed by atoms with van der Waals surface area (Å²) in [7, 11) is 4.05. The predicted molar refractivity (Wildman–Crippen MR) is 80.5 cm³/mol. The van der Waals surface area contributed by atoms with Gasteiger partial charge < -0.3 is 22.1 Å². The van der Waals surface area contributed by atoms with Crippen LogP contribution in [-0.2, 0) is 22.1 Å². The van der Waals surface area contributed by atoms with Gasteiger partial charge in [0.25, 0.3) is 0 Å². The molecule has 0 aromatic carbocycles. The van der Waals surface area contributed by atoms with Crippen LogP contribution in [0.15, 0.2) is 0 Å². The van der Waals surface area contributed by atoms with Gasteiger partial charge in [-0.3, -0.25) is 0 Å². The van der Waals surface area contributed by atoms with Crippen molar-refractivity contribution in [3.8, 4) is 0 Å². The Morgan fingerprint density at radius 2 is 1.26 bits per heavy atom. The molecule has 7 heteroatoms. The molecule has 19 heavy (non-hydrogen) atoms. The Balaban J connectivity index is 4.13. The maximum absolute atomic E-state index is 5.49. The van der Waals surface area contributed by atoms with E-state index in [9.17, 15) is 0 Å². The molecule has 1 unspecified atom stereocenters. The minimum Gasteiger partial charge on any atom is -0.398 e. The molecule has 0 bridgehead atoms. The van der Waals surface area contributed by atoms with Crippen molar-refractivity contribution in [1.82, 2.24) is 0 Å². The van der Waals surface area contributed by atoms with Crippen LogP contribution in [0, 0.1) is 0 Å². The molecule has 0 aromatic heterocycles.